The van der Waals surface area contributed by atoms with Crippen molar-refractivity contribution in [3.63, 3.8) is 0 Å². The number of thiophene rings is 1. The van der Waals surface area contributed by atoms with Gasteiger partial charge in [0.05, 0.1) is 6.04 Å². The normalized spacial score (nSPS) is 13.7. The third kappa shape index (κ3) is 4.47. The van der Waals surface area contributed by atoms with Crippen LogP contribution in [0.4, 0.5) is 0 Å². The Balaban J connectivity index is 1.81. The summed E-state index contributed by atoms with van der Waals surface area (Å²) in [6.45, 7) is 2.01. The number of carbonyl (C=O) groups is 1. The fourth-order valence-electron chi connectivity index (χ4n) is 2.09. The molecule has 0 radical (unpaired) electrons. The van der Waals surface area contributed by atoms with Crippen LogP contribution in [0.5, 0.6) is 0 Å². The summed E-state index contributed by atoms with van der Waals surface area (Å²) in [5.41, 5.74) is 7.05. The summed E-state index contributed by atoms with van der Waals surface area (Å²) in [7, 11) is 0. The summed E-state index contributed by atoms with van der Waals surface area (Å²) >= 11 is 1.71. The molecule has 0 aliphatic carbocycles. The number of nitrogens with one attached hydrogen (secondary N) is 1. The summed E-state index contributed by atoms with van der Waals surface area (Å²) in [5.74, 6) is -0.0853. The average Bonchev–Trinajstić information content (AvgIpc) is 2.92. The minimum atomic E-state index is -0.497. The molecule has 1 aromatic heterocycles. The Labute approximate surface area is 123 Å². The Morgan fingerprint density at radius 3 is 2.60 bits per heavy atom. The molecule has 0 saturated carbocycles. The first-order valence-electron chi connectivity index (χ1n) is 6.77. The van der Waals surface area contributed by atoms with E-state index in [0.717, 1.165) is 12.0 Å². The molecule has 3 nitrogen and oxygen atoms in total. The molecule has 106 valence electrons. The second kappa shape index (κ2) is 7.22. The number of rotatable bonds is 6. The monoisotopic (exact) mass is 288 g/mol. The molecule has 0 bridgehead atoms. The van der Waals surface area contributed by atoms with E-state index < -0.39 is 6.04 Å². The molecule has 1 unspecified atom stereocenters. The Hall–Kier alpha value is -1.65. The van der Waals surface area contributed by atoms with Crippen molar-refractivity contribution in [3.8, 4) is 0 Å². The second-order valence-corrected chi connectivity index (χ2v) is 6.02. The molecule has 1 amide bonds. The molecule has 1 heterocycles. The Morgan fingerprint density at radius 2 is 1.95 bits per heavy atom. The van der Waals surface area contributed by atoms with Crippen LogP contribution < -0.4 is 11.1 Å². The molecule has 1 aromatic carbocycles. The molecule has 2 aromatic rings. The maximum Gasteiger partial charge on any atom is 0.237 e. The lowest BCUT2D eigenvalue weighted by Gasteiger charge is -2.17. The highest BCUT2D eigenvalue weighted by atomic mass is 32.1. The van der Waals surface area contributed by atoms with Crippen molar-refractivity contribution in [1.82, 2.24) is 5.32 Å². The molecule has 2 atom stereocenters. The largest absolute Gasteiger partial charge is 0.352 e. The lowest BCUT2D eigenvalue weighted by atomic mass is 10.1. The number of hydrogen-bond acceptors (Lipinski definition) is 3. The summed E-state index contributed by atoms with van der Waals surface area (Å²) in [5, 5.41) is 5.03. The van der Waals surface area contributed by atoms with E-state index in [9.17, 15) is 4.79 Å². The van der Waals surface area contributed by atoms with Gasteiger partial charge in [-0.2, -0.15) is 0 Å². The zero-order valence-electron chi connectivity index (χ0n) is 11.6. The summed E-state index contributed by atoms with van der Waals surface area (Å²) in [4.78, 5) is 13.3. The van der Waals surface area contributed by atoms with Crippen LogP contribution in [0.3, 0.4) is 0 Å². The van der Waals surface area contributed by atoms with Gasteiger partial charge >= 0.3 is 0 Å². The minimum absolute atomic E-state index is 0.0853. The van der Waals surface area contributed by atoms with Crippen LogP contribution in [0.1, 0.15) is 17.4 Å². The van der Waals surface area contributed by atoms with Gasteiger partial charge in [0, 0.05) is 17.3 Å². The van der Waals surface area contributed by atoms with Gasteiger partial charge in [0.15, 0.2) is 0 Å². The van der Waals surface area contributed by atoms with Crippen LogP contribution >= 0.6 is 11.3 Å². The van der Waals surface area contributed by atoms with Crippen molar-refractivity contribution >= 4 is 17.2 Å². The van der Waals surface area contributed by atoms with E-state index in [4.69, 9.17) is 5.73 Å². The van der Waals surface area contributed by atoms with E-state index in [1.54, 1.807) is 11.3 Å². The van der Waals surface area contributed by atoms with Gasteiger partial charge in [-0.05, 0) is 30.4 Å². The Morgan fingerprint density at radius 1 is 1.20 bits per heavy atom. The van der Waals surface area contributed by atoms with Crippen LogP contribution in [0.2, 0.25) is 0 Å². The van der Waals surface area contributed by atoms with E-state index in [-0.39, 0.29) is 11.9 Å². The van der Waals surface area contributed by atoms with Gasteiger partial charge in [0.2, 0.25) is 5.91 Å². The van der Waals surface area contributed by atoms with Crippen LogP contribution in [-0.4, -0.2) is 18.0 Å². The standard InChI is InChI=1S/C16H20N2OS/c1-12(10-14-8-5-9-20-14)18-16(19)15(17)11-13-6-3-2-4-7-13/h2-9,12,15H,10-11,17H2,1H3,(H,18,19)/t12?,15-/m0/s1. The van der Waals surface area contributed by atoms with Gasteiger partial charge < -0.3 is 11.1 Å². The van der Waals surface area contributed by atoms with E-state index in [1.807, 2.05) is 48.7 Å². The number of hydrogen-bond donors (Lipinski definition) is 2. The molecule has 3 N–H and O–H groups in total. The van der Waals surface area contributed by atoms with Crippen molar-refractivity contribution in [2.24, 2.45) is 5.73 Å². The van der Waals surface area contributed by atoms with Crippen LogP contribution in [-0.2, 0) is 17.6 Å². The molecule has 2 rings (SSSR count). The van der Waals surface area contributed by atoms with Gasteiger partial charge in [0.25, 0.3) is 0 Å². The zero-order chi connectivity index (χ0) is 14.4. The topological polar surface area (TPSA) is 55.1 Å². The SMILES string of the molecule is CC(Cc1cccs1)NC(=O)[C@@H](N)Cc1ccccc1. The first-order chi connectivity index (χ1) is 9.65. The van der Waals surface area contributed by atoms with E-state index in [2.05, 4.69) is 11.4 Å². The molecule has 0 fully saturated rings. The van der Waals surface area contributed by atoms with Crippen LogP contribution in [0, 0.1) is 0 Å². The number of nitrogens with two attached hydrogens (primary N) is 1. The Kier molecular flexibility index (Phi) is 5.32. The molecule has 0 saturated heterocycles. The summed E-state index contributed by atoms with van der Waals surface area (Å²) in [6, 6.07) is 13.6. The van der Waals surface area contributed by atoms with Gasteiger partial charge in [-0.1, -0.05) is 36.4 Å². The fourth-order valence-corrected chi connectivity index (χ4v) is 2.93. The van der Waals surface area contributed by atoms with Gasteiger partial charge in [-0.15, -0.1) is 11.3 Å². The minimum Gasteiger partial charge on any atom is -0.352 e. The maximum atomic E-state index is 12.1. The highest BCUT2D eigenvalue weighted by molar-refractivity contribution is 7.09. The van der Waals surface area contributed by atoms with E-state index in [1.165, 1.54) is 4.88 Å². The number of amides is 1. The third-order valence-corrected chi connectivity index (χ3v) is 4.01. The van der Waals surface area contributed by atoms with Crippen LogP contribution in [0.15, 0.2) is 47.8 Å². The zero-order valence-corrected chi connectivity index (χ0v) is 12.4. The predicted octanol–water partition coefficient (Wildman–Crippen LogP) is 2.37. The third-order valence-electron chi connectivity index (χ3n) is 3.11. The highest BCUT2D eigenvalue weighted by Crippen LogP contribution is 2.11. The van der Waals surface area contributed by atoms with Crippen molar-refractivity contribution < 1.29 is 4.79 Å². The molecule has 4 heteroatoms. The molecular formula is C16H20N2OS. The smallest absolute Gasteiger partial charge is 0.237 e. The van der Waals surface area contributed by atoms with Gasteiger partial charge in [-0.3, -0.25) is 4.79 Å². The van der Waals surface area contributed by atoms with Crippen molar-refractivity contribution in [1.29, 1.82) is 0 Å². The first-order valence-corrected chi connectivity index (χ1v) is 7.65. The van der Waals surface area contributed by atoms with Gasteiger partial charge in [-0.25, -0.2) is 0 Å². The average molecular weight is 288 g/mol. The highest BCUT2D eigenvalue weighted by Gasteiger charge is 2.16. The molecule has 0 aliphatic rings. The van der Waals surface area contributed by atoms with E-state index >= 15 is 0 Å². The summed E-state index contributed by atoms with van der Waals surface area (Å²) in [6.07, 6.45) is 1.42. The number of benzene rings is 1. The molecule has 0 aliphatic heterocycles. The van der Waals surface area contributed by atoms with Gasteiger partial charge in [0.1, 0.15) is 0 Å². The quantitative estimate of drug-likeness (QED) is 0.857. The van der Waals surface area contributed by atoms with E-state index in [0.29, 0.717) is 6.42 Å². The van der Waals surface area contributed by atoms with Crippen molar-refractivity contribution in [2.75, 3.05) is 0 Å². The van der Waals surface area contributed by atoms with Crippen molar-refractivity contribution in [2.45, 2.75) is 31.8 Å². The molecule has 0 spiro atoms. The lowest BCUT2D eigenvalue weighted by molar-refractivity contribution is -0.122. The van der Waals surface area contributed by atoms with Crippen molar-refractivity contribution in [3.05, 3.63) is 58.3 Å². The maximum absolute atomic E-state index is 12.1. The predicted molar refractivity (Wildman–Crippen MR) is 83.7 cm³/mol. The molecular weight excluding hydrogens is 268 g/mol. The lowest BCUT2D eigenvalue weighted by Crippen LogP contribution is -2.46. The van der Waals surface area contributed by atoms with Crippen LogP contribution in [0.25, 0.3) is 0 Å². The second-order valence-electron chi connectivity index (χ2n) is 4.99. The fraction of sp³-hybridized carbons (Fsp3) is 0.312. The summed E-state index contributed by atoms with van der Waals surface area (Å²) < 4.78 is 0. The first kappa shape index (κ1) is 14.8. The molecule has 20 heavy (non-hydrogen) atoms. The number of carbonyl (C=O) groups excluding carboxylic acids is 1. The Bertz CT molecular complexity index is 525.